The standard InChI is InChI=1S/C16H25N3O6S/c1-4-25-16(20)17-12-8-5-9-13-18(2)26(22,23)15-11-7-6-10-14(15)19(21)24-3/h6-7,10-11H,4-5,8-9,12-13H2,1-3H3/p+1. The molecule has 0 aliphatic rings. The molecule has 0 fully saturated rings. The lowest BCUT2D eigenvalue weighted by Gasteiger charge is -2.16. The molecule has 0 spiro atoms. The summed E-state index contributed by atoms with van der Waals surface area (Å²) < 4.78 is 31.3. The maximum atomic E-state index is 12.7. The van der Waals surface area contributed by atoms with Gasteiger partial charge in [0.2, 0.25) is 10.0 Å². The van der Waals surface area contributed by atoms with Gasteiger partial charge in [-0.1, -0.05) is 18.6 Å². The summed E-state index contributed by atoms with van der Waals surface area (Å²) in [6, 6.07) is 5.87. The van der Waals surface area contributed by atoms with Crippen molar-refractivity contribution in [2.45, 2.75) is 31.1 Å². The number of para-hydroxylation sites is 1. The molecule has 0 saturated heterocycles. The quantitative estimate of drug-likeness (QED) is 0.460. The summed E-state index contributed by atoms with van der Waals surface area (Å²) in [5, 5.41) is 2.61. The molecule has 26 heavy (non-hydrogen) atoms. The van der Waals surface area contributed by atoms with Gasteiger partial charge in [-0.3, -0.25) is 0 Å². The van der Waals surface area contributed by atoms with E-state index in [1.807, 2.05) is 0 Å². The number of carbonyl (C=O) groups is 1. The maximum absolute atomic E-state index is 12.7. The number of hydrogen-bond acceptors (Lipinski definition) is 6. The van der Waals surface area contributed by atoms with E-state index in [2.05, 4.69) is 10.2 Å². The third-order valence-corrected chi connectivity index (χ3v) is 5.51. The van der Waals surface area contributed by atoms with Crippen molar-refractivity contribution in [1.82, 2.24) is 9.62 Å². The molecule has 0 aromatic heterocycles. The third-order valence-electron chi connectivity index (χ3n) is 3.61. The number of alkyl carbamates (subject to hydrolysis) is 1. The van der Waals surface area contributed by atoms with Crippen molar-refractivity contribution >= 4 is 21.8 Å². The van der Waals surface area contributed by atoms with Gasteiger partial charge in [-0.25, -0.2) is 22.4 Å². The van der Waals surface area contributed by atoms with Crippen LogP contribution in [-0.4, -0.2) is 57.6 Å². The van der Waals surface area contributed by atoms with Crippen LogP contribution in [0.15, 0.2) is 29.2 Å². The van der Waals surface area contributed by atoms with Crippen molar-refractivity contribution in [2.75, 3.05) is 33.9 Å². The first-order valence-electron chi connectivity index (χ1n) is 8.32. The van der Waals surface area contributed by atoms with Crippen molar-refractivity contribution in [3.8, 4) is 0 Å². The van der Waals surface area contributed by atoms with E-state index in [1.54, 1.807) is 19.1 Å². The summed E-state index contributed by atoms with van der Waals surface area (Å²) in [7, 11) is -1.18. The Morgan fingerprint density at radius 3 is 2.58 bits per heavy atom. The molecule has 146 valence electrons. The van der Waals surface area contributed by atoms with Crippen LogP contribution >= 0.6 is 0 Å². The molecule has 0 unspecified atom stereocenters. The number of nitrogens with one attached hydrogen (secondary N) is 1. The lowest BCUT2D eigenvalue weighted by Crippen LogP contribution is -2.29. The summed E-state index contributed by atoms with van der Waals surface area (Å²) >= 11 is 0. The molecule has 1 N–H and O–H groups in total. The van der Waals surface area contributed by atoms with Crippen molar-refractivity contribution < 1.29 is 27.7 Å². The number of amides is 1. The van der Waals surface area contributed by atoms with Crippen LogP contribution in [0.25, 0.3) is 0 Å². The molecule has 0 radical (unpaired) electrons. The van der Waals surface area contributed by atoms with Gasteiger partial charge in [0.05, 0.1) is 11.5 Å². The highest BCUT2D eigenvalue weighted by molar-refractivity contribution is 7.89. The van der Waals surface area contributed by atoms with Gasteiger partial charge in [0, 0.05) is 26.2 Å². The average molecular weight is 388 g/mol. The highest BCUT2D eigenvalue weighted by Gasteiger charge is 2.31. The Balaban J connectivity index is 2.55. The van der Waals surface area contributed by atoms with Gasteiger partial charge in [0.25, 0.3) is 4.92 Å². The fourth-order valence-corrected chi connectivity index (χ4v) is 3.58. The SMILES string of the molecule is CCOC(=O)NCCCCCN(C)S(=O)(=O)c1ccccc1[N+](=O)OC. The Kier molecular flexibility index (Phi) is 9.00. The molecule has 0 aliphatic heterocycles. The van der Waals surface area contributed by atoms with E-state index in [-0.39, 0.29) is 15.5 Å². The molecule has 1 aromatic carbocycles. The number of ether oxygens (including phenoxy) is 1. The minimum atomic E-state index is -3.82. The van der Waals surface area contributed by atoms with Crippen LogP contribution in [0.1, 0.15) is 26.2 Å². The van der Waals surface area contributed by atoms with Crippen molar-refractivity contribution in [2.24, 2.45) is 0 Å². The van der Waals surface area contributed by atoms with Crippen LogP contribution in [0.3, 0.4) is 0 Å². The summed E-state index contributed by atoms with van der Waals surface area (Å²) in [6.07, 6.45) is 1.61. The fourth-order valence-electron chi connectivity index (χ4n) is 2.22. The minimum absolute atomic E-state index is 0.0690. The first-order valence-corrected chi connectivity index (χ1v) is 9.76. The Labute approximate surface area is 153 Å². The zero-order chi connectivity index (χ0) is 19.6. The molecular weight excluding hydrogens is 362 g/mol. The van der Waals surface area contributed by atoms with Crippen molar-refractivity contribution in [1.29, 1.82) is 0 Å². The lowest BCUT2D eigenvalue weighted by molar-refractivity contribution is -0.738. The highest BCUT2D eigenvalue weighted by atomic mass is 32.2. The Hall–Kier alpha value is -2.20. The van der Waals surface area contributed by atoms with Gasteiger partial charge in [-0.05, 0) is 25.8 Å². The van der Waals surface area contributed by atoms with Gasteiger partial charge < -0.3 is 10.1 Å². The number of hydrogen-bond donors (Lipinski definition) is 1. The molecule has 1 aromatic rings. The lowest BCUT2D eigenvalue weighted by atomic mass is 10.2. The zero-order valence-electron chi connectivity index (χ0n) is 15.3. The van der Waals surface area contributed by atoms with Crippen LogP contribution in [-0.2, 0) is 19.6 Å². The second-order valence-corrected chi connectivity index (χ2v) is 7.46. The normalized spacial score (nSPS) is 11.2. The van der Waals surface area contributed by atoms with E-state index < -0.39 is 16.1 Å². The topological polar surface area (TPSA) is 105 Å². The number of unbranched alkanes of at least 4 members (excludes halogenated alkanes) is 2. The van der Waals surface area contributed by atoms with Gasteiger partial charge in [-0.2, -0.15) is 0 Å². The molecule has 1 amide bonds. The van der Waals surface area contributed by atoms with Gasteiger partial charge in [-0.15, -0.1) is 0 Å². The molecule has 9 nitrogen and oxygen atoms in total. The first-order chi connectivity index (χ1) is 12.3. The van der Waals surface area contributed by atoms with E-state index >= 15 is 0 Å². The smallest absolute Gasteiger partial charge is 0.407 e. The van der Waals surface area contributed by atoms with Gasteiger partial charge >= 0.3 is 11.8 Å². The number of carbonyl (C=O) groups excluding carboxylic acids is 1. The Morgan fingerprint density at radius 2 is 1.92 bits per heavy atom. The second kappa shape index (κ2) is 10.7. The van der Waals surface area contributed by atoms with E-state index in [0.29, 0.717) is 32.5 Å². The second-order valence-electron chi connectivity index (χ2n) is 5.44. The average Bonchev–Trinajstić information content (AvgIpc) is 2.63. The zero-order valence-corrected chi connectivity index (χ0v) is 16.1. The molecule has 0 bridgehead atoms. The van der Waals surface area contributed by atoms with Crippen LogP contribution in [0.2, 0.25) is 0 Å². The van der Waals surface area contributed by atoms with Crippen molar-refractivity contribution in [3.05, 3.63) is 29.2 Å². The molecular formula is C16H26N3O6S+. The first kappa shape index (κ1) is 21.8. The highest BCUT2D eigenvalue weighted by Crippen LogP contribution is 2.26. The molecule has 10 heteroatoms. The summed E-state index contributed by atoms with van der Waals surface area (Å²) in [5.41, 5.74) is -0.0690. The number of sulfonamides is 1. The molecule has 0 aliphatic carbocycles. The molecule has 0 atom stereocenters. The van der Waals surface area contributed by atoms with Crippen molar-refractivity contribution in [3.63, 3.8) is 0 Å². The third kappa shape index (κ3) is 6.26. The number of nitrogens with zero attached hydrogens (tertiary/aromatic N) is 2. The van der Waals surface area contributed by atoms with Crippen LogP contribution in [0.5, 0.6) is 0 Å². The monoisotopic (exact) mass is 388 g/mol. The van der Waals surface area contributed by atoms with Gasteiger partial charge in [0.1, 0.15) is 0 Å². The van der Waals surface area contributed by atoms with Gasteiger partial charge in [0.15, 0.2) is 12.0 Å². The maximum Gasteiger partial charge on any atom is 0.407 e. The van der Waals surface area contributed by atoms with Crippen LogP contribution in [0, 0.1) is 4.91 Å². The fraction of sp³-hybridized carbons (Fsp3) is 0.562. The largest absolute Gasteiger partial charge is 0.450 e. The molecule has 1 rings (SSSR count). The summed E-state index contributed by atoms with van der Waals surface area (Å²) in [5.74, 6) is 0. The number of benzene rings is 1. The predicted octanol–water partition coefficient (Wildman–Crippen LogP) is 2.20. The predicted molar refractivity (Wildman–Crippen MR) is 95.4 cm³/mol. The molecule has 0 saturated carbocycles. The minimum Gasteiger partial charge on any atom is -0.450 e. The van der Waals surface area contributed by atoms with E-state index in [4.69, 9.17) is 4.74 Å². The van der Waals surface area contributed by atoms with E-state index in [9.17, 15) is 18.1 Å². The van der Waals surface area contributed by atoms with E-state index in [1.165, 1.54) is 30.6 Å². The van der Waals surface area contributed by atoms with E-state index in [0.717, 1.165) is 6.42 Å². The molecule has 0 heterocycles. The van der Waals surface area contributed by atoms with Crippen LogP contribution in [0.4, 0.5) is 10.5 Å². The Bertz CT molecular complexity index is 708. The Morgan fingerprint density at radius 1 is 1.23 bits per heavy atom. The number of rotatable bonds is 11. The summed E-state index contributed by atoms with van der Waals surface area (Å²) in [4.78, 5) is 27.5. The summed E-state index contributed by atoms with van der Waals surface area (Å²) in [6.45, 7) is 2.81. The van der Waals surface area contributed by atoms with Crippen LogP contribution < -0.4 is 5.32 Å².